The molecule has 1 N–H and O–H groups in total. The highest BCUT2D eigenvalue weighted by atomic mass is 32.2. The second kappa shape index (κ2) is 4.66. The molecule has 0 radical (unpaired) electrons. The molecule has 0 aliphatic carbocycles. The molecule has 3 nitrogen and oxygen atoms in total. The van der Waals surface area contributed by atoms with Gasteiger partial charge < -0.3 is 9.87 Å². The molecule has 1 aliphatic rings. The number of hydrogen-bond donors (Lipinski definition) is 1. The number of carbonyl (C=O) groups is 1. The first-order valence-corrected chi connectivity index (χ1v) is 6.10. The Labute approximate surface area is 104 Å². The highest BCUT2D eigenvalue weighted by molar-refractivity contribution is 8.09. The lowest BCUT2D eigenvalue weighted by Crippen LogP contribution is -2.16. The molecular weight excluding hydrogens is 267 g/mol. The van der Waals surface area contributed by atoms with Crippen LogP contribution in [0.15, 0.2) is 29.2 Å². The van der Waals surface area contributed by atoms with Crippen molar-refractivity contribution in [2.75, 3.05) is 6.54 Å². The van der Waals surface area contributed by atoms with E-state index in [1.54, 1.807) is 0 Å². The molecule has 0 saturated carbocycles. The molecule has 0 spiro atoms. The molecule has 2 rings (SSSR count). The topological polar surface area (TPSA) is 52.2 Å². The first-order chi connectivity index (χ1) is 8.38. The van der Waals surface area contributed by atoms with Gasteiger partial charge in [0.05, 0.1) is 23.3 Å². The SMILES string of the molecule is O=C1NCC(=Cc2cccc(C(F)(F)F)c2)[S+]1[O-]. The summed E-state index contributed by atoms with van der Waals surface area (Å²) < 4.78 is 48.8. The third-order valence-corrected chi connectivity index (χ3v) is 3.57. The molecule has 0 bridgehead atoms. The van der Waals surface area contributed by atoms with Gasteiger partial charge in [-0.3, -0.25) is 0 Å². The molecule has 1 aromatic carbocycles. The van der Waals surface area contributed by atoms with Crippen LogP contribution in [0.25, 0.3) is 6.08 Å². The summed E-state index contributed by atoms with van der Waals surface area (Å²) in [6.07, 6.45) is -3.08. The standard InChI is InChI=1S/C11H8F3NO2S/c12-11(13,14)8-3-1-2-7(4-8)5-9-6-15-10(16)18(9)17/h1-5H,6H2,(H,15,16). The number of halogens is 3. The Morgan fingerprint density at radius 3 is 2.67 bits per heavy atom. The largest absolute Gasteiger partial charge is 0.603 e. The van der Waals surface area contributed by atoms with Crippen molar-refractivity contribution in [3.63, 3.8) is 0 Å². The van der Waals surface area contributed by atoms with Gasteiger partial charge in [-0.1, -0.05) is 12.1 Å². The van der Waals surface area contributed by atoms with Crippen LogP contribution in [-0.2, 0) is 17.4 Å². The van der Waals surface area contributed by atoms with E-state index in [9.17, 15) is 22.5 Å². The number of benzene rings is 1. The van der Waals surface area contributed by atoms with Crippen molar-refractivity contribution in [3.8, 4) is 0 Å². The lowest BCUT2D eigenvalue weighted by molar-refractivity contribution is -0.137. The summed E-state index contributed by atoms with van der Waals surface area (Å²) >= 11 is -1.80. The van der Waals surface area contributed by atoms with Crippen molar-refractivity contribution in [2.24, 2.45) is 0 Å². The Morgan fingerprint density at radius 2 is 2.11 bits per heavy atom. The highest BCUT2D eigenvalue weighted by Gasteiger charge is 2.33. The first kappa shape index (κ1) is 13.0. The Kier molecular flexibility index (Phi) is 3.36. The van der Waals surface area contributed by atoms with Crippen molar-refractivity contribution >= 4 is 22.5 Å². The van der Waals surface area contributed by atoms with E-state index >= 15 is 0 Å². The predicted octanol–water partition coefficient (Wildman–Crippen LogP) is 2.52. The van der Waals surface area contributed by atoms with Gasteiger partial charge in [-0.2, -0.15) is 13.2 Å². The average Bonchev–Trinajstić information content (AvgIpc) is 2.60. The molecule has 18 heavy (non-hydrogen) atoms. The monoisotopic (exact) mass is 275 g/mol. The Bertz CT molecular complexity index is 513. The summed E-state index contributed by atoms with van der Waals surface area (Å²) in [7, 11) is 0. The summed E-state index contributed by atoms with van der Waals surface area (Å²) in [6.45, 7) is 0.0989. The molecule has 1 unspecified atom stereocenters. The number of carbonyl (C=O) groups excluding carboxylic acids is 1. The van der Waals surface area contributed by atoms with Crippen LogP contribution in [0.2, 0.25) is 0 Å². The van der Waals surface area contributed by atoms with Crippen LogP contribution in [0.1, 0.15) is 11.1 Å². The number of rotatable bonds is 1. The zero-order valence-corrected chi connectivity index (χ0v) is 9.77. The summed E-state index contributed by atoms with van der Waals surface area (Å²) in [5.41, 5.74) is -0.510. The minimum atomic E-state index is -4.42. The van der Waals surface area contributed by atoms with Gasteiger partial charge in [-0.15, -0.1) is 0 Å². The van der Waals surface area contributed by atoms with Gasteiger partial charge in [0.2, 0.25) is 0 Å². The van der Waals surface area contributed by atoms with E-state index in [1.807, 2.05) is 0 Å². The van der Waals surface area contributed by atoms with Crippen LogP contribution in [0.3, 0.4) is 0 Å². The molecule has 96 valence electrons. The van der Waals surface area contributed by atoms with Gasteiger partial charge in [0, 0.05) is 0 Å². The fraction of sp³-hybridized carbons (Fsp3) is 0.182. The molecule has 1 aliphatic heterocycles. The Balaban J connectivity index is 2.30. The van der Waals surface area contributed by atoms with Crippen LogP contribution < -0.4 is 5.32 Å². The van der Waals surface area contributed by atoms with E-state index in [-0.39, 0.29) is 17.0 Å². The van der Waals surface area contributed by atoms with Gasteiger partial charge in [0.1, 0.15) is 0 Å². The van der Waals surface area contributed by atoms with E-state index in [1.165, 1.54) is 18.2 Å². The van der Waals surface area contributed by atoms with Crippen molar-refractivity contribution in [3.05, 3.63) is 40.3 Å². The molecule has 1 saturated heterocycles. The van der Waals surface area contributed by atoms with Crippen molar-refractivity contribution in [1.29, 1.82) is 0 Å². The lowest BCUT2D eigenvalue weighted by atomic mass is 10.1. The van der Waals surface area contributed by atoms with Gasteiger partial charge in [0.15, 0.2) is 4.91 Å². The Hall–Kier alpha value is -1.47. The second-order valence-corrected chi connectivity index (χ2v) is 5.08. The molecule has 1 fully saturated rings. The minimum Gasteiger partial charge on any atom is -0.603 e. The smallest absolute Gasteiger partial charge is 0.433 e. The predicted molar refractivity (Wildman–Crippen MR) is 61.0 cm³/mol. The first-order valence-electron chi connectivity index (χ1n) is 4.95. The average molecular weight is 275 g/mol. The van der Waals surface area contributed by atoms with E-state index in [2.05, 4.69) is 5.32 Å². The Morgan fingerprint density at radius 1 is 1.39 bits per heavy atom. The van der Waals surface area contributed by atoms with Crippen LogP contribution in [0.5, 0.6) is 0 Å². The van der Waals surface area contributed by atoms with Gasteiger partial charge in [-0.05, 0) is 23.8 Å². The van der Waals surface area contributed by atoms with Crippen LogP contribution in [0, 0.1) is 0 Å². The molecule has 1 atom stereocenters. The quantitative estimate of drug-likeness (QED) is 0.801. The normalized spacial score (nSPS) is 22.3. The third kappa shape index (κ3) is 2.68. The second-order valence-electron chi connectivity index (χ2n) is 3.64. The van der Waals surface area contributed by atoms with Crippen molar-refractivity contribution in [2.45, 2.75) is 6.18 Å². The molecule has 1 aromatic rings. The summed E-state index contributed by atoms with van der Waals surface area (Å²) in [4.78, 5) is 11.2. The van der Waals surface area contributed by atoms with Gasteiger partial charge >= 0.3 is 11.4 Å². The summed E-state index contributed by atoms with van der Waals surface area (Å²) in [5.74, 6) is 0. The number of alkyl halides is 3. The molecule has 1 heterocycles. The van der Waals surface area contributed by atoms with Gasteiger partial charge in [0.25, 0.3) is 0 Å². The van der Waals surface area contributed by atoms with Crippen LogP contribution in [-0.4, -0.2) is 16.3 Å². The summed E-state index contributed by atoms with van der Waals surface area (Å²) in [5, 5.41) is 1.74. The fourth-order valence-corrected chi connectivity index (χ4v) is 2.39. The highest BCUT2D eigenvalue weighted by Crippen LogP contribution is 2.30. The maximum absolute atomic E-state index is 12.5. The fourth-order valence-electron chi connectivity index (χ4n) is 1.50. The number of amides is 1. The molecule has 1 amide bonds. The molecular formula is C11H8F3NO2S. The number of hydrogen-bond acceptors (Lipinski definition) is 2. The van der Waals surface area contributed by atoms with E-state index in [0.717, 1.165) is 12.1 Å². The minimum absolute atomic E-state index is 0.0989. The molecule has 7 heteroatoms. The zero-order valence-electron chi connectivity index (χ0n) is 8.95. The molecule has 0 aromatic heterocycles. The number of nitrogens with one attached hydrogen (secondary N) is 1. The lowest BCUT2D eigenvalue weighted by Gasteiger charge is -2.07. The van der Waals surface area contributed by atoms with Crippen molar-refractivity contribution < 1.29 is 22.5 Å². The maximum Gasteiger partial charge on any atom is 0.433 e. The summed E-state index contributed by atoms with van der Waals surface area (Å²) in [6, 6.07) is 4.63. The van der Waals surface area contributed by atoms with E-state index < -0.39 is 28.2 Å². The third-order valence-electron chi connectivity index (χ3n) is 2.36. The van der Waals surface area contributed by atoms with Crippen molar-refractivity contribution in [1.82, 2.24) is 5.32 Å². The van der Waals surface area contributed by atoms with Crippen LogP contribution in [0.4, 0.5) is 18.0 Å². The van der Waals surface area contributed by atoms with Crippen LogP contribution >= 0.6 is 0 Å². The van der Waals surface area contributed by atoms with E-state index in [4.69, 9.17) is 0 Å². The maximum atomic E-state index is 12.5. The van der Waals surface area contributed by atoms with Gasteiger partial charge in [-0.25, -0.2) is 4.79 Å². The van der Waals surface area contributed by atoms with E-state index in [0.29, 0.717) is 0 Å². The zero-order chi connectivity index (χ0) is 13.3.